The van der Waals surface area contributed by atoms with Crippen molar-refractivity contribution in [3.8, 4) is 0 Å². The zero-order valence-electron chi connectivity index (χ0n) is 22.4. The molecule has 39 heavy (non-hydrogen) atoms. The summed E-state index contributed by atoms with van der Waals surface area (Å²) in [5.74, 6) is -0.502. The number of anilines is 2. The second kappa shape index (κ2) is 15.2. The summed E-state index contributed by atoms with van der Waals surface area (Å²) in [7, 11) is 1.53. The molecule has 1 atom stereocenters. The van der Waals surface area contributed by atoms with E-state index in [1.165, 1.54) is 18.2 Å². The third-order valence-corrected chi connectivity index (χ3v) is 6.39. The molecule has 2 saturated heterocycles. The summed E-state index contributed by atoms with van der Waals surface area (Å²) in [5, 5.41) is 9.18. The van der Waals surface area contributed by atoms with E-state index in [0.717, 1.165) is 37.7 Å². The van der Waals surface area contributed by atoms with Crippen LogP contribution in [-0.2, 0) is 23.9 Å². The molecule has 0 saturated carbocycles. The lowest BCUT2D eigenvalue weighted by Gasteiger charge is -2.28. The molecule has 0 radical (unpaired) electrons. The van der Waals surface area contributed by atoms with Crippen LogP contribution in [0.5, 0.6) is 0 Å². The number of ether oxygens (including phenoxy) is 2. The SMILES string of the molecule is C\C=C/C=C1/C(=O)N(C(C=O)CCC(=O)NC)C/C1=C\OC/C(=C/Nc1ccc(N2CCOCC2)cc1)N=N. The highest BCUT2D eigenvalue weighted by Crippen LogP contribution is 2.27. The Kier molecular flexibility index (Phi) is 11.4. The van der Waals surface area contributed by atoms with Gasteiger partial charge in [-0.1, -0.05) is 12.2 Å². The van der Waals surface area contributed by atoms with E-state index in [2.05, 4.69) is 20.6 Å². The number of benzene rings is 1. The summed E-state index contributed by atoms with van der Waals surface area (Å²) in [6, 6.07) is 7.24. The molecule has 2 aliphatic rings. The average molecular weight is 537 g/mol. The molecule has 11 nitrogen and oxygen atoms in total. The van der Waals surface area contributed by atoms with Gasteiger partial charge in [0.25, 0.3) is 5.91 Å². The number of allylic oxidation sites excluding steroid dienone is 3. The van der Waals surface area contributed by atoms with Crippen LogP contribution in [0.3, 0.4) is 0 Å². The number of morpholine rings is 1. The smallest absolute Gasteiger partial charge is 0.255 e. The molecule has 0 bridgehead atoms. The summed E-state index contributed by atoms with van der Waals surface area (Å²) in [5.41, 5.74) is 10.8. The topological polar surface area (TPSA) is 136 Å². The predicted octanol–water partition coefficient (Wildman–Crippen LogP) is 3.15. The van der Waals surface area contributed by atoms with Gasteiger partial charge in [0.15, 0.2) is 0 Å². The highest BCUT2D eigenvalue weighted by Gasteiger charge is 2.35. The number of nitrogens with zero attached hydrogens (tertiary/aromatic N) is 3. The first-order valence-electron chi connectivity index (χ1n) is 12.9. The Bertz CT molecular complexity index is 1140. The zero-order chi connectivity index (χ0) is 28.0. The molecule has 11 heteroatoms. The maximum absolute atomic E-state index is 13.1. The fourth-order valence-electron chi connectivity index (χ4n) is 4.16. The van der Waals surface area contributed by atoms with E-state index in [0.29, 0.717) is 23.1 Å². The Morgan fingerprint density at radius 3 is 2.64 bits per heavy atom. The molecule has 3 N–H and O–H groups in total. The first-order chi connectivity index (χ1) is 19.0. The van der Waals surface area contributed by atoms with Crippen molar-refractivity contribution < 1.29 is 23.9 Å². The van der Waals surface area contributed by atoms with Gasteiger partial charge in [-0.15, -0.1) is 0 Å². The van der Waals surface area contributed by atoms with E-state index >= 15 is 0 Å². The van der Waals surface area contributed by atoms with Gasteiger partial charge in [-0.05, 0) is 43.7 Å². The van der Waals surface area contributed by atoms with Crippen molar-refractivity contribution in [2.45, 2.75) is 25.8 Å². The number of hydrogen-bond donors (Lipinski definition) is 3. The zero-order valence-corrected chi connectivity index (χ0v) is 22.4. The molecular formula is C28H36N6O5. The number of likely N-dealkylation sites (tertiary alicyclic amines) is 1. The first kappa shape index (κ1) is 29.3. The van der Waals surface area contributed by atoms with Gasteiger partial charge in [0.05, 0.1) is 32.1 Å². The van der Waals surface area contributed by atoms with Crippen molar-refractivity contribution in [1.82, 2.24) is 10.2 Å². The van der Waals surface area contributed by atoms with Crippen molar-refractivity contribution in [1.29, 1.82) is 5.53 Å². The lowest BCUT2D eigenvalue weighted by molar-refractivity contribution is -0.131. The van der Waals surface area contributed by atoms with E-state index in [-0.39, 0.29) is 37.8 Å². The van der Waals surface area contributed by atoms with Gasteiger partial charge in [0.1, 0.15) is 18.6 Å². The fourth-order valence-corrected chi connectivity index (χ4v) is 4.16. The van der Waals surface area contributed by atoms with Gasteiger partial charge in [-0.2, -0.15) is 5.11 Å². The monoisotopic (exact) mass is 536 g/mol. The first-order valence-corrected chi connectivity index (χ1v) is 12.9. The quantitative estimate of drug-likeness (QED) is 0.152. The number of aldehydes is 1. The predicted molar refractivity (Wildman–Crippen MR) is 148 cm³/mol. The number of carbonyl (C=O) groups excluding carboxylic acids is 3. The van der Waals surface area contributed by atoms with Gasteiger partial charge < -0.3 is 34.7 Å². The van der Waals surface area contributed by atoms with Crippen molar-refractivity contribution in [2.24, 2.45) is 5.11 Å². The van der Waals surface area contributed by atoms with Gasteiger partial charge in [0, 0.05) is 55.3 Å². The molecule has 1 aromatic rings. The normalized spacial score (nSPS) is 19.0. The van der Waals surface area contributed by atoms with Crippen molar-refractivity contribution in [3.63, 3.8) is 0 Å². The summed E-state index contributed by atoms with van der Waals surface area (Å²) in [6.07, 6.45) is 9.32. The maximum Gasteiger partial charge on any atom is 0.255 e. The van der Waals surface area contributed by atoms with Gasteiger partial charge in [0.2, 0.25) is 5.91 Å². The van der Waals surface area contributed by atoms with Crippen LogP contribution in [0, 0.1) is 5.53 Å². The molecule has 2 aliphatic heterocycles. The Hall–Kier alpha value is -4.25. The number of rotatable bonds is 13. The Balaban J connectivity index is 1.63. The number of nitrogens with one attached hydrogen (secondary N) is 3. The van der Waals surface area contributed by atoms with Crippen molar-refractivity contribution in [3.05, 3.63) is 71.8 Å². The Morgan fingerprint density at radius 2 is 2.00 bits per heavy atom. The largest absolute Gasteiger partial charge is 0.494 e. The summed E-state index contributed by atoms with van der Waals surface area (Å²) in [6.45, 7) is 5.18. The summed E-state index contributed by atoms with van der Waals surface area (Å²) < 4.78 is 11.1. The van der Waals surface area contributed by atoms with Crippen LogP contribution < -0.4 is 15.5 Å². The average Bonchev–Trinajstić information content (AvgIpc) is 3.28. The standard InChI is InChI=1S/C28H36N6O5/c1-3-4-5-26-21(17-34(28(26)37)25(18-35)10-11-27(36)30-2)19-39-20-23(32-29)16-31-22-6-8-24(9-7-22)33-12-14-38-15-13-33/h3-9,16,18-19,25,29,31H,10-15,17,20H2,1-2H3,(H,30,36)/b4-3-,21-19+,23-16-,26-5+,32-29?. The summed E-state index contributed by atoms with van der Waals surface area (Å²) in [4.78, 5) is 40.1. The Labute approximate surface area is 228 Å². The second-order valence-corrected chi connectivity index (χ2v) is 8.95. The molecule has 0 aromatic heterocycles. The lowest BCUT2D eigenvalue weighted by Crippen LogP contribution is -2.38. The van der Waals surface area contributed by atoms with Crippen molar-refractivity contribution >= 4 is 29.5 Å². The van der Waals surface area contributed by atoms with Gasteiger partial charge in [-0.25, -0.2) is 5.53 Å². The van der Waals surface area contributed by atoms with E-state index in [4.69, 9.17) is 15.0 Å². The van der Waals surface area contributed by atoms with E-state index in [1.807, 2.05) is 31.2 Å². The number of hydrogen-bond acceptors (Lipinski definition) is 9. The molecule has 2 amide bonds. The van der Waals surface area contributed by atoms with Gasteiger partial charge >= 0.3 is 0 Å². The maximum atomic E-state index is 13.1. The molecule has 2 fully saturated rings. The highest BCUT2D eigenvalue weighted by atomic mass is 16.5. The molecule has 1 aromatic carbocycles. The molecule has 208 valence electrons. The minimum Gasteiger partial charge on any atom is -0.494 e. The van der Waals surface area contributed by atoms with Crippen LogP contribution in [0.1, 0.15) is 19.8 Å². The van der Waals surface area contributed by atoms with Crippen LogP contribution in [0.25, 0.3) is 0 Å². The minimum absolute atomic E-state index is 0.00469. The minimum atomic E-state index is -0.729. The van der Waals surface area contributed by atoms with Crippen LogP contribution >= 0.6 is 0 Å². The van der Waals surface area contributed by atoms with E-state index in [1.54, 1.807) is 24.4 Å². The lowest BCUT2D eigenvalue weighted by atomic mass is 10.1. The third kappa shape index (κ3) is 8.37. The molecular weight excluding hydrogens is 500 g/mol. The summed E-state index contributed by atoms with van der Waals surface area (Å²) >= 11 is 0. The van der Waals surface area contributed by atoms with E-state index in [9.17, 15) is 14.4 Å². The molecule has 0 aliphatic carbocycles. The molecule has 3 rings (SSSR count). The molecule has 1 unspecified atom stereocenters. The number of amides is 2. The fraction of sp³-hybridized carbons (Fsp3) is 0.393. The number of carbonyl (C=O) groups is 3. The molecule has 0 spiro atoms. The van der Waals surface area contributed by atoms with Crippen molar-refractivity contribution in [2.75, 3.05) is 56.7 Å². The highest BCUT2D eigenvalue weighted by molar-refractivity contribution is 6.02. The Morgan fingerprint density at radius 1 is 1.26 bits per heavy atom. The second-order valence-electron chi connectivity index (χ2n) is 8.95. The molecule has 2 heterocycles. The van der Waals surface area contributed by atoms with Crippen LogP contribution in [0.2, 0.25) is 0 Å². The van der Waals surface area contributed by atoms with Crippen LogP contribution in [0.4, 0.5) is 11.4 Å². The van der Waals surface area contributed by atoms with Gasteiger partial charge in [-0.3, -0.25) is 9.59 Å². The third-order valence-electron chi connectivity index (χ3n) is 6.39. The van der Waals surface area contributed by atoms with Crippen LogP contribution in [-0.4, -0.2) is 75.5 Å². The van der Waals surface area contributed by atoms with Crippen LogP contribution in [0.15, 0.2) is 76.9 Å². The van der Waals surface area contributed by atoms with E-state index < -0.39 is 6.04 Å².